The summed E-state index contributed by atoms with van der Waals surface area (Å²) in [4.78, 5) is 38.8. The van der Waals surface area contributed by atoms with Crippen LogP contribution in [0.15, 0.2) is 40.7 Å². The number of phenols is 1. The van der Waals surface area contributed by atoms with E-state index < -0.39 is 23.8 Å². The lowest BCUT2D eigenvalue weighted by atomic mass is 9.69. The highest BCUT2D eigenvalue weighted by atomic mass is 16.5. The molecular formula is C23H27NO7. The standard InChI is InChI=1S/C23H27NO7/c1-6-31-23(28)18-12(3)24-14-9-11(2)17(22(27)30-5)21(26)20(14)19(18)13-7-8-15(25)16(10-13)29-4/h7-8,10-11,17,19,24-25H,6,9H2,1-5H3/t11-,17+,19+/m0/s1. The summed E-state index contributed by atoms with van der Waals surface area (Å²) in [6, 6.07) is 4.66. The van der Waals surface area contributed by atoms with Crippen LogP contribution in [0, 0.1) is 11.8 Å². The number of allylic oxidation sites excluding steroid dienone is 3. The number of ketones is 1. The van der Waals surface area contributed by atoms with Crippen molar-refractivity contribution in [3.8, 4) is 11.5 Å². The molecule has 2 N–H and O–H groups in total. The van der Waals surface area contributed by atoms with Crippen molar-refractivity contribution in [1.29, 1.82) is 0 Å². The summed E-state index contributed by atoms with van der Waals surface area (Å²) in [5.41, 5.74) is 2.42. The molecule has 0 radical (unpaired) electrons. The van der Waals surface area contributed by atoms with Gasteiger partial charge in [0.05, 0.1) is 26.4 Å². The second-order valence-electron chi connectivity index (χ2n) is 7.69. The molecule has 0 saturated heterocycles. The number of hydrogen-bond donors (Lipinski definition) is 2. The number of phenolic OH excluding ortho intramolecular Hbond substituents is 1. The Kier molecular flexibility index (Phi) is 6.38. The second kappa shape index (κ2) is 8.83. The molecule has 0 fully saturated rings. The number of ether oxygens (including phenoxy) is 3. The Balaban J connectivity index is 2.22. The lowest BCUT2D eigenvalue weighted by Crippen LogP contribution is -2.43. The fraction of sp³-hybridized carbons (Fsp3) is 0.435. The highest BCUT2D eigenvalue weighted by Gasteiger charge is 2.47. The molecule has 3 rings (SSSR count). The molecular weight excluding hydrogens is 402 g/mol. The molecule has 1 aromatic rings. The van der Waals surface area contributed by atoms with Gasteiger partial charge in [-0.25, -0.2) is 4.79 Å². The molecule has 3 atom stereocenters. The Hall–Kier alpha value is -3.29. The molecule has 0 unspecified atom stereocenters. The number of hydrogen-bond acceptors (Lipinski definition) is 8. The van der Waals surface area contributed by atoms with Crippen molar-refractivity contribution in [2.45, 2.75) is 33.1 Å². The van der Waals surface area contributed by atoms with Gasteiger partial charge in [-0.15, -0.1) is 0 Å². The van der Waals surface area contributed by atoms with Crippen LogP contribution in [0.3, 0.4) is 0 Å². The summed E-state index contributed by atoms with van der Waals surface area (Å²) in [7, 11) is 2.67. The van der Waals surface area contributed by atoms with Crippen molar-refractivity contribution in [3.05, 3.63) is 46.3 Å². The zero-order valence-electron chi connectivity index (χ0n) is 18.3. The molecule has 0 spiro atoms. The third-order valence-electron chi connectivity index (χ3n) is 5.78. The fourth-order valence-corrected chi connectivity index (χ4v) is 4.37. The molecule has 1 aliphatic heterocycles. The van der Waals surface area contributed by atoms with Crippen LogP contribution in [-0.2, 0) is 23.9 Å². The molecule has 31 heavy (non-hydrogen) atoms. The molecule has 0 saturated carbocycles. The summed E-state index contributed by atoms with van der Waals surface area (Å²) < 4.78 is 15.4. The first-order chi connectivity index (χ1) is 14.7. The predicted molar refractivity (Wildman–Crippen MR) is 111 cm³/mol. The topological polar surface area (TPSA) is 111 Å². The van der Waals surface area contributed by atoms with Gasteiger partial charge in [-0.2, -0.15) is 0 Å². The first kappa shape index (κ1) is 22.4. The zero-order chi connectivity index (χ0) is 22.9. The van der Waals surface area contributed by atoms with Gasteiger partial charge in [0.2, 0.25) is 0 Å². The number of carbonyl (C=O) groups is 3. The van der Waals surface area contributed by atoms with Crippen molar-refractivity contribution < 1.29 is 33.7 Å². The number of aromatic hydroxyl groups is 1. The third kappa shape index (κ3) is 3.89. The average Bonchev–Trinajstić information content (AvgIpc) is 2.73. The highest BCUT2D eigenvalue weighted by molar-refractivity contribution is 6.12. The van der Waals surface area contributed by atoms with Gasteiger partial charge in [-0.1, -0.05) is 13.0 Å². The number of methoxy groups -OCH3 is 2. The smallest absolute Gasteiger partial charge is 0.336 e. The second-order valence-corrected chi connectivity index (χ2v) is 7.69. The minimum absolute atomic E-state index is 0.0659. The quantitative estimate of drug-likeness (QED) is 0.543. The number of nitrogens with one attached hydrogen (secondary N) is 1. The van der Waals surface area contributed by atoms with E-state index >= 15 is 0 Å². The van der Waals surface area contributed by atoms with E-state index in [1.807, 2.05) is 6.92 Å². The van der Waals surface area contributed by atoms with Gasteiger partial charge in [0.15, 0.2) is 17.3 Å². The predicted octanol–water partition coefficient (Wildman–Crippen LogP) is 2.58. The Bertz CT molecular complexity index is 992. The zero-order valence-corrected chi connectivity index (χ0v) is 18.3. The van der Waals surface area contributed by atoms with Crippen LogP contribution in [0.2, 0.25) is 0 Å². The monoisotopic (exact) mass is 429 g/mol. The summed E-state index contributed by atoms with van der Waals surface area (Å²) in [6.07, 6.45) is 0.444. The number of carbonyl (C=O) groups excluding carboxylic acids is 3. The molecule has 0 bridgehead atoms. The Morgan fingerprint density at radius 2 is 1.97 bits per heavy atom. The summed E-state index contributed by atoms with van der Waals surface area (Å²) in [5, 5.41) is 13.2. The van der Waals surface area contributed by atoms with Crippen molar-refractivity contribution >= 4 is 17.7 Å². The Morgan fingerprint density at radius 1 is 1.26 bits per heavy atom. The highest BCUT2D eigenvalue weighted by Crippen LogP contribution is 2.46. The number of dihydropyridines is 1. The van der Waals surface area contributed by atoms with E-state index in [1.54, 1.807) is 26.0 Å². The van der Waals surface area contributed by atoms with E-state index in [0.29, 0.717) is 29.0 Å². The first-order valence-electron chi connectivity index (χ1n) is 10.1. The first-order valence-corrected chi connectivity index (χ1v) is 10.1. The molecule has 8 nitrogen and oxygen atoms in total. The number of benzene rings is 1. The molecule has 1 aliphatic carbocycles. The minimum Gasteiger partial charge on any atom is -0.504 e. The number of Topliss-reactive ketones (excluding diaryl/α,β-unsaturated/α-hetero) is 1. The molecule has 166 valence electrons. The molecule has 0 aromatic heterocycles. The molecule has 8 heteroatoms. The normalized spacial score (nSPS) is 23.1. The van der Waals surface area contributed by atoms with E-state index in [1.165, 1.54) is 20.3 Å². The van der Waals surface area contributed by atoms with Gasteiger partial charge in [0, 0.05) is 22.9 Å². The van der Waals surface area contributed by atoms with Crippen molar-refractivity contribution in [2.75, 3.05) is 20.8 Å². The van der Waals surface area contributed by atoms with Gasteiger partial charge in [-0.05, 0) is 43.9 Å². The molecule has 1 aromatic carbocycles. The van der Waals surface area contributed by atoms with Crippen LogP contribution in [0.5, 0.6) is 11.5 Å². The van der Waals surface area contributed by atoms with Crippen LogP contribution >= 0.6 is 0 Å². The van der Waals surface area contributed by atoms with E-state index in [-0.39, 0.29) is 35.4 Å². The van der Waals surface area contributed by atoms with Gasteiger partial charge >= 0.3 is 11.9 Å². The third-order valence-corrected chi connectivity index (χ3v) is 5.78. The van der Waals surface area contributed by atoms with Crippen LogP contribution in [0.1, 0.15) is 38.7 Å². The van der Waals surface area contributed by atoms with E-state index in [9.17, 15) is 19.5 Å². The van der Waals surface area contributed by atoms with Crippen LogP contribution < -0.4 is 10.1 Å². The lowest BCUT2D eigenvalue weighted by Gasteiger charge is -2.38. The van der Waals surface area contributed by atoms with Gasteiger partial charge < -0.3 is 24.6 Å². The maximum absolute atomic E-state index is 13.6. The fourth-order valence-electron chi connectivity index (χ4n) is 4.37. The lowest BCUT2D eigenvalue weighted by molar-refractivity contribution is -0.151. The molecule has 0 amide bonds. The van der Waals surface area contributed by atoms with Crippen molar-refractivity contribution in [3.63, 3.8) is 0 Å². The van der Waals surface area contributed by atoms with Crippen LogP contribution in [0.25, 0.3) is 0 Å². The number of esters is 2. The maximum atomic E-state index is 13.6. The van der Waals surface area contributed by atoms with Crippen molar-refractivity contribution in [1.82, 2.24) is 5.32 Å². The van der Waals surface area contributed by atoms with Crippen molar-refractivity contribution in [2.24, 2.45) is 11.8 Å². The molecule has 2 aliphatic rings. The maximum Gasteiger partial charge on any atom is 0.336 e. The van der Waals surface area contributed by atoms with Crippen LogP contribution in [0.4, 0.5) is 0 Å². The van der Waals surface area contributed by atoms with E-state index in [4.69, 9.17) is 14.2 Å². The van der Waals surface area contributed by atoms with Crippen LogP contribution in [-0.4, -0.2) is 43.7 Å². The van der Waals surface area contributed by atoms with E-state index in [2.05, 4.69) is 5.32 Å². The summed E-state index contributed by atoms with van der Waals surface area (Å²) in [5.74, 6) is -3.42. The Morgan fingerprint density at radius 3 is 2.58 bits per heavy atom. The summed E-state index contributed by atoms with van der Waals surface area (Å²) in [6.45, 7) is 5.45. The molecule has 1 heterocycles. The average molecular weight is 429 g/mol. The number of rotatable bonds is 5. The van der Waals surface area contributed by atoms with Gasteiger partial charge in [-0.3, -0.25) is 9.59 Å². The van der Waals surface area contributed by atoms with Gasteiger partial charge in [0.1, 0.15) is 5.92 Å². The summed E-state index contributed by atoms with van der Waals surface area (Å²) >= 11 is 0. The Labute approximate surface area is 180 Å². The SMILES string of the molecule is CCOC(=O)C1=C(C)NC2=C(C(=O)[C@H](C(=O)OC)[C@@H](C)C2)[C@@H]1c1ccc(O)c(OC)c1. The van der Waals surface area contributed by atoms with E-state index in [0.717, 1.165) is 0 Å². The largest absolute Gasteiger partial charge is 0.504 e. The minimum atomic E-state index is -0.964. The van der Waals surface area contributed by atoms with Gasteiger partial charge in [0.25, 0.3) is 0 Å².